The highest BCUT2D eigenvalue weighted by molar-refractivity contribution is 9.10. The number of rotatable bonds is 8. The highest BCUT2D eigenvalue weighted by atomic mass is 79.9. The Kier molecular flexibility index (Phi) is 7.91. The van der Waals surface area contributed by atoms with Crippen LogP contribution in [0.2, 0.25) is 5.02 Å². The summed E-state index contributed by atoms with van der Waals surface area (Å²) in [4.78, 5) is 2.46. The van der Waals surface area contributed by atoms with Gasteiger partial charge in [0.05, 0.1) is 5.02 Å². The Hall–Kier alpha value is -0.0900. The largest absolute Gasteiger partial charge is 0.311 e. The number of hydrogen-bond donors (Lipinski definition) is 1. The van der Waals surface area contributed by atoms with Gasteiger partial charge in [-0.1, -0.05) is 31.5 Å². The molecule has 0 amide bonds. The van der Waals surface area contributed by atoms with Gasteiger partial charge in [0.25, 0.3) is 0 Å². The van der Waals surface area contributed by atoms with E-state index in [0.29, 0.717) is 0 Å². The normalized spacial score (nSPS) is 11.2. The van der Waals surface area contributed by atoms with Crippen LogP contribution in [-0.2, 0) is 6.54 Å². The van der Waals surface area contributed by atoms with Gasteiger partial charge >= 0.3 is 0 Å². The van der Waals surface area contributed by atoms with Crippen LogP contribution in [0.1, 0.15) is 25.8 Å². The lowest BCUT2D eigenvalue weighted by Gasteiger charge is -2.19. The maximum Gasteiger partial charge on any atom is 0.0551 e. The van der Waals surface area contributed by atoms with Crippen molar-refractivity contribution in [2.45, 2.75) is 26.8 Å². The molecule has 0 unspecified atom stereocenters. The van der Waals surface area contributed by atoms with Gasteiger partial charge in [0.2, 0.25) is 0 Å². The summed E-state index contributed by atoms with van der Waals surface area (Å²) < 4.78 is 0.952. The van der Waals surface area contributed by atoms with E-state index < -0.39 is 0 Å². The second kappa shape index (κ2) is 8.92. The first-order valence-corrected chi connectivity index (χ1v) is 7.71. The summed E-state index contributed by atoms with van der Waals surface area (Å²) in [5, 5.41) is 4.23. The highest BCUT2D eigenvalue weighted by Gasteiger charge is 2.01. The van der Waals surface area contributed by atoms with E-state index in [1.54, 1.807) is 0 Å². The fourth-order valence-corrected chi connectivity index (χ4v) is 2.31. The Labute approximate surface area is 124 Å². The minimum Gasteiger partial charge on any atom is -0.311 e. The van der Waals surface area contributed by atoms with Crippen molar-refractivity contribution >= 4 is 27.5 Å². The van der Waals surface area contributed by atoms with Crippen molar-refractivity contribution in [1.29, 1.82) is 0 Å². The lowest BCUT2D eigenvalue weighted by atomic mass is 10.2. The molecular weight excluding hydrogens is 312 g/mol. The van der Waals surface area contributed by atoms with Crippen molar-refractivity contribution in [2.75, 3.05) is 26.2 Å². The Morgan fingerprint density at radius 3 is 2.67 bits per heavy atom. The van der Waals surface area contributed by atoms with Gasteiger partial charge in [-0.05, 0) is 53.1 Å². The molecule has 1 aromatic carbocycles. The molecular formula is C14H22BrClN2. The number of benzene rings is 1. The number of nitrogens with one attached hydrogen (secondary N) is 1. The second-order valence-corrected chi connectivity index (χ2v) is 5.62. The number of nitrogens with zero attached hydrogens (tertiary/aromatic N) is 1. The molecule has 0 saturated carbocycles. The van der Waals surface area contributed by atoms with Crippen LogP contribution in [0, 0.1) is 0 Å². The van der Waals surface area contributed by atoms with Crippen LogP contribution in [0.3, 0.4) is 0 Å². The molecule has 0 aliphatic rings. The van der Waals surface area contributed by atoms with E-state index in [0.717, 1.165) is 35.7 Å². The zero-order valence-corrected chi connectivity index (χ0v) is 13.5. The predicted octanol–water partition coefficient (Wildman–Crippen LogP) is 3.92. The molecule has 0 heterocycles. The smallest absolute Gasteiger partial charge is 0.0551 e. The van der Waals surface area contributed by atoms with Gasteiger partial charge in [0.1, 0.15) is 0 Å². The number of halogens is 2. The second-order valence-electron chi connectivity index (χ2n) is 4.36. The van der Waals surface area contributed by atoms with E-state index in [1.165, 1.54) is 18.5 Å². The molecule has 0 aliphatic heterocycles. The molecule has 0 saturated heterocycles. The third-order valence-corrected chi connectivity index (χ3v) is 4.14. The van der Waals surface area contributed by atoms with Crippen molar-refractivity contribution in [2.24, 2.45) is 0 Å². The summed E-state index contributed by atoms with van der Waals surface area (Å²) in [6, 6.07) is 6.09. The Bertz CT molecular complexity index is 358. The van der Waals surface area contributed by atoms with Crippen LogP contribution < -0.4 is 5.32 Å². The van der Waals surface area contributed by atoms with Gasteiger partial charge in [-0.2, -0.15) is 0 Å². The molecule has 1 N–H and O–H groups in total. The summed E-state index contributed by atoms with van der Waals surface area (Å²) in [6.45, 7) is 9.73. The van der Waals surface area contributed by atoms with E-state index in [1.807, 2.05) is 12.1 Å². The average Bonchev–Trinajstić information content (AvgIpc) is 2.37. The van der Waals surface area contributed by atoms with Gasteiger partial charge in [-0.15, -0.1) is 0 Å². The fourth-order valence-electron chi connectivity index (χ4n) is 1.86. The molecule has 2 nitrogen and oxygen atoms in total. The minimum atomic E-state index is 0.774. The molecule has 1 rings (SSSR count). The average molecular weight is 334 g/mol. The molecule has 0 spiro atoms. The van der Waals surface area contributed by atoms with Crippen LogP contribution in [0.5, 0.6) is 0 Å². The monoisotopic (exact) mass is 332 g/mol. The van der Waals surface area contributed by atoms with Crippen molar-refractivity contribution < 1.29 is 0 Å². The molecule has 0 bridgehead atoms. The van der Waals surface area contributed by atoms with Crippen LogP contribution in [0.4, 0.5) is 0 Å². The van der Waals surface area contributed by atoms with Gasteiger partial charge in [-0.25, -0.2) is 0 Å². The molecule has 4 heteroatoms. The zero-order valence-electron chi connectivity index (χ0n) is 11.2. The molecule has 0 radical (unpaired) electrons. The topological polar surface area (TPSA) is 15.3 Å². The number of likely N-dealkylation sites (N-methyl/N-ethyl adjacent to an activating group) is 1. The molecule has 0 fully saturated rings. The zero-order chi connectivity index (χ0) is 13.4. The van der Waals surface area contributed by atoms with E-state index in [-0.39, 0.29) is 0 Å². The maximum atomic E-state index is 6.06. The van der Waals surface area contributed by atoms with E-state index in [9.17, 15) is 0 Å². The van der Waals surface area contributed by atoms with Gasteiger partial charge in [0.15, 0.2) is 0 Å². The first-order valence-electron chi connectivity index (χ1n) is 6.54. The molecule has 0 aromatic heterocycles. The van der Waals surface area contributed by atoms with E-state index in [4.69, 9.17) is 11.6 Å². The van der Waals surface area contributed by atoms with Crippen LogP contribution in [0.15, 0.2) is 22.7 Å². The van der Waals surface area contributed by atoms with Gasteiger partial charge < -0.3 is 10.2 Å². The van der Waals surface area contributed by atoms with Gasteiger partial charge in [0, 0.05) is 24.1 Å². The maximum absolute atomic E-state index is 6.06. The van der Waals surface area contributed by atoms with E-state index >= 15 is 0 Å². The first kappa shape index (κ1) is 16.0. The summed E-state index contributed by atoms with van der Waals surface area (Å²) in [7, 11) is 0. The van der Waals surface area contributed by atoms with Crippen LogP contribution >= 0.6 is 27.5 Å². The predicted molar refractivity (Wildman–Crippen MR) is 83.3 cm³/mol. The molecule has 0 aliphatic carbocycles. The number of hydrogen-bond acceptors (Lipinski definition) is 2. The molecule has 18 heavy (non-hydrogen) atoms. The third-order valence-electron chi connectivity index (χ3n) is 2.90. The van der Waals surface area contributed by atoms with Crippen LogP contribution in [-0.4, -0.2) is 31.1 Å². The summed E-state index contributed by atoms with van der Waals surface area (Å²) >= 11 is 9.46. The Morgan fingerprint density at radius 1 is 1.28 bits per heavy atom. The Balaban J connectivity index is 2.26. The fraction of sp³-hybridized carbons (Fsp3) is 0.571. The van der Waals surface area contributed by atoms with Crippen molar-refractivity contribution in [3.8, 4) is 0 Å². The quantitative estimate of drug-likeness (QED) is 0.725. The SMILES string of the molecule is CCCN(CC)CCNCc1ccc(Br)c(Cl)c1. The molecule has 102 valence electrons. The minimum absolute atomic E-state index is 0.774. The standard InChI is InChI=1S/C14H22BrClN2/c1-3-8-18(4-2)9-7-17-11-12-5-6-13(15)14(16)10-12/h5-6,10,17H,3-4,7-9,11H2,1-2H3. The van der Waals surface area contributed by atoms with Gasteiger partial charge in [-0.3, -0.25) is 0 Å². The summed E-state index contributed by atoms with van der Waals surface area (Å²) in [5.74, 6) is 0. The Morgan fingerprint density at radius 2 is 2.06 bits per heavy atom. The van der Waals surface area contributed by atoms with Crippen molar-refractivity contribution in [3.63, 3.8) is 0 Å². The summed E-state index contributed by atoms with van der Waals surface area (Å²) in [6.07, 6.45) is 1.22. The summed E-state index contributed by atoms with van der Waals surface area (Å²) in [5.41, 5.74) is 1.22. The first-order chi connectivity index (χ1) is 8.67. The van der Waals surface area contributed by atoms with Crippen LogP contribution in [0.25, 0.3) is 0 Å². The van der Waals surface area contributed by atoms with Crippen molar-refractivity contribution in [3.05, 3.63) is 33.3 Å². The molecule has 0 atom stereocenters. The lowest BCUT2D eigenvalue weighted by molar-refractivity contribution is 0.287. The van der Waals surface area contributed by atoms with E-state index in [2.05, 4.69) is 46.1 Å². The highest BCUT2D eigenvalue weighted by Crippen LogP contribution is 2.22. The lowest BCUT2D eigenvalue weighted by Crippen LogP contribution is -2.32. The molecule has 1 aromatic rings. The third kappa shape index (κ3) is 5.70. The van der Waals surface area contributed by atoms with Crippen molar-refractivity contribution in [1.82, 2.24) is 10.2 Å².